The van der Waals surface area contributed by atoms with E-state index in [4.69, 9.17) is 4.42 Å². The Morgan fingerprint density at radius 1 is 1.00 bits per heavy atom. The average Bonchev–Trinajstić information content (AvgIpc) is 2.78. The van der Waals surface area contributed by atoms with Crippen molar-refractivity contribution in [3.05, 3.63) is 47.7 Å². The van der Waals surface area contributed by atoms with E-state index >= 15 is 0 Å². The zero-order chi connectivity index (χ0) is 10.7. The molecule has 0 N–H and O–H groups in total. The van der Waals surface area contributed by atoms with Gasteiger partial charge in [0.25, 0.3) is 0 Å². The van der Waals surface area contributed by atoms with E-state index in [2.05, 4.69) is 0 Å². The lowest BCUT2D eigenvalue weighted by Crippen LogP contribution is -1.80. The molecule has 74 valence electrons. The maximum atomic E-state index is 10.6. The molecule has 2 aromatic rings. The topological polar surface area (TPSA) is 47.3 Å². The van der Waals surface area contributed by atoms with Crippen LogP contribution in [0, 0.1) is 0 Å². The van der Waals surface area contributed by atoms with Crippen LogP contribution in [-0.4, -0.2) is 12.6 Å². The Morgan fingerprint density at radius 3 is 2.53 bits per heavy atom. The van der Waals surface area contributed by atoms with Crippen molar-refractivity contribution in [3.63, 3.8) is 0 Å². The van der Waals surface area contributed by atoms with Crippen LogP contribution < -0.4 is 0 Å². The summed E-state index contributed by atoms with van der Waals surface area (Å²) in [6.07, 6.45) is 1.42. The Balaban J connectivity index is 2.43. The first kappa shape index (κ1) is 9.40. The Hall–Kier alpha value is -2.16. The Morgan fingerprint density at radius 2 is 1.87 bits per heavy atom. The van der Waals surface area contributed by atoms with E-state index in [0.717, 1.165) is 11.8 Å². The lowest BCUT2D eigenvalue weighted by Gasteiger charge is -1.96. The van der Waals surface area contributed by atoms with Gasteiger partial charge in [0.05, 0.1) is 0 Å². The molecule has 3 nitrogen and oxygen atoms in total. The molecule has 0 bridgehead atoms. The van der Waals surface area contributed by atoms with E-state index in [1.165, 1.54) is 0 Å². The van der Waals surface area contributed by atoms with Crippen LogP contribution in [0.15, 0.2) is 40.8 Å². The highest BCUT2D eigenvalue weighted by Crippen LogP contribution is 2.21. The Labute approximate surface area is 86.3 Å². The molecule has 0 spiro atoms. The molecular weight excluding hydrogens is 192 g/mol. The van der Waals surface area contributed by atoms with Crippen LogP contribution in [0.3, 0.4) is 0 Å². The van der Waals surface area contributed by atoms with Crippen LogP contribution in [0.1, 0.15) is 20.9 Å². The van der Waals surface area contributed by atoms with Gasteiger partial charge in [-0.1, -0.05) is 18.2 Å². The maximum Gasteiger partial charge on any atom is 0.185 e. The SMILES string of the molecule is O=Cc1cccc(-c2ccc(C=O)o2)c1. The highest BCUT2D eigenvalue weighted by atomic mass is 16.3. The molecule has 0 radical (unpaired) electrons. The predicted molar refractivity (Wildman–Crippen MR) is 54.9 cm³/mol. The summed E-state index contributed by atoms with van der Waals surface area (Å²) in [7, 11) is 0. The second kappa shape index (κ2) is 3.92. The lowest BCUT2D eigenvalue weighted by molar-refractivity contribution is 0.109. The van der Waals surface area contributed by atoms with Gasteiger partial charge in [0, 0.05) is 11.1 Å². The van der Waals surface area contributed by atoms with Gasteiger partial charge in [0.15, 0.2) is 12.0 Å². The van der Waals surface area contributed by atoms with Crippen LogP contribution in [0.5, 0.6) is 0 Å². The van der Waals surface area contributed by atoms with Gasteiger partial charge in [-0.05, 0) is 18.2 Å². The van der Waals surface area contributed by atoms with Crippen LogP contribution in [0.2, 0.25) is 0 Å². The number of hydrogen-bond acceptors (Lipinski definition) is 3. The number of hydrogen-bond donors (Lipinski definition) is 0. The average molecular weight is 200 g/mol. The number of benzene rings is 1. The lowest BCUT2D eigenvalue weighted by atomic mass is 10.1. The molecule has 1 heterocycles. The van der Waals surface area contributed by atoms with Gasteiger partial charge in [-0.25, -0.2) is 0 Å². The Bertz CT molecular complexity index is 497. The minimum Gasteiger partial charge on any atom is -0.453 e. The van der Waals surface area contributed by atoms with Crippen molar-refractivity contribution in [2.24, 2.45) is 0 Å². The van der Waals surface area contributed by atoms with Crippen molar-refractivity contribution < 1.29 is 14.0 Å². The first-order valence-corrected chi connectivity index (χ1v) is 4.44. The maximum absolute atomic E-state index is 10.6. The largest absolute Gasteiger partial charge is 0.453 e. The van der Waals surface area contributed by atoms with E-state index in [9.17, 15) is 9.59 Å². The van der Waals surface area contributed by atoms with E-state index in [1.807, 2.05) is 6.07 Å². The molecule has 0 fully saturated rings. The summed E-state index contributed by atoms with van der Waals surface area (Å²) >= 11 is 0. The second-order valence-electron chi connectivity index (χ2n) is 3.06. The molecule has 0 saturated heterocycles. The van der Waals surface area contributed by atoms with Crippen LogP contribution in [0.25, 0.3) is 11.3 Å². The highest BCUT2D eigenvalue weighted by Gasteiger charge is 2.04. The number of rotatable bonds is 3. The molecule has 0 saturated carbocycles. The van der Waals surface area contributed by atoms with Crippen LogP contribution >= 0.6 is 0 Å². The van der Waals surface area contributed by atoms with Gasteiger partial charge < -0.3 is 4.42 Å². The molecule has 0 aliphatic carbocycles. The third-order valence-electron chi connectivity index (χ3n) is 2.05. The van der Waals surface area contributed by atoms with Gasteiger partial charge in [-0.3, -0.25) is 9.59 Å². The third-order valence-corrected chi connectivity index (χ3v) is 2.05. The van der Waals surface area contributed by atoms with Gasteiger partial charge in [-0.15, -0.1) is 0 Å². The fourth-order valence-electron chi connectivity index (χ4n) is 1.34. The molecule has 0 atom stereocenters. The normalized spacial score (nSPS) is 9.87. The number of carbonyl (C=O) groups excluding carboxylic acids is 2. The standard InChI is InChI=1S/C12H8O3/c13-7-9-2-1-3-10(6-9)12-5-4-11(8-14)15-12/h1-8H. The number of furan rings is 1. The van der Waals surface area contributed by atoms with Crippen molar-refractivity contribution in [1.29, 1.82) is 0 Å². The van der Waals surface area contributed by atoms with Crippen LogP contribution in [-0.2, 0) is 0 Å². The van der Waals surface area contributed by atoms with Gasteiger partial charge in [-0.2, -0.15) is 0 Å². The van der Waals surface area contributed by atoms with Gasteiger partial charge in [0.1, 0.15) is 12.0 Å². The van der Waals surface area contributed by atoms with Crippen LogP contribution in [0.4, 0.5) is 0 Å². The van der Waals surface area contributed by atoms with E-state index in [-0.39, 0.29) is 5.76 Å². The zero-order valence-corrected chi connectivity index (χ0v) is 7.84. The molecule has 0 aliphatic rings. The smallest absolute Gasteiger partial charge is 0.185 e. The minimum absolute atomic E-state index is 0.279. The summed E-state index contributed by atoms with van der Waals surface area (Å²) < 4.78 is 5.23. The summed E-state index contributed by atoms with van der Waals surface area (Å²) in [6.45, 7) is 0. The molecule has 1 aromatic heterocycles. The highest BCUT2D eigenvalue weighted by molar-refractivity contribution is 5.78. The molecule has 3 heteroatoms. The molecular formula is C12H8O3. The van der Waals surface area contributed by atoms with Crippen molar-refractivity contribution in [3.8, 4) is 11.3 Å². The zero-order valence-electron chi connectivity index (χ0n) is 7.84. The molecule has 0 unspecified atom stereocenters. The summed E-state index contributed by atoms with van der Waals surface area (Å²) in [5.74, 6) is 0.863. The minimum atomic E-state index is 0.279. The van der Waals surface area contributed by atoms with E-state index < -0.39 is 0 Å². The van der Waals surface area contributed by atoms with E-state index in [0.29, 0.717) is 17.6 Å². The summed E-state index contributed by atoms with van der Waals surface area (Å²) in [4.78, 5) is 21.0. The molecule has 15 heavy (non-hydrogen) atoms. The molecule has 2 rings (SSSR count). The van der Waals surface area contributed by atoms with Crippen molar-refractivity contribution >= 4 is 12.6 Å². The molecule has 1 aromatic carbocycles. The second-order valence-corrected chi connectivity index (χ2v) is 3.06. The van der Waals surface area contributed by atoms with Crippen molar-refractivity contribution in [2.45, 2.75) is 0 Å². The quantitative estimate of drug-likeness (QED) is 0.715. The van der Waals surface area contributed by atoms with E-state index in [1.54, 1.807) is 30.3 Å². The monoisotopic (exact) mass is 200 g/mol. The number of carbonyl (C=O) groups is 2. The fraction of sp³-hybridized carbons (Fsp3) is 0. The first-order chi connectivity index (χ1) is 7.33. The molecule has 0 amide bonds. The van der Waals surface area contributed by atoms with Gasteiger partial charge in [0.2, 0.25) is 0 Å². The summed E-state index contributed by atoms with van der Waals surface area (Å²) in [5.41, 5.74) is 1.37. The first-order valence-electron chi connectivity index (χ1n) is 4.44. The number of aldehydes is 2. The predicted octanol–water partition coefficient (Wildman–Crippen LogP) is 2.57. The Kier molecular flexibility index (Phi) is 2.46. The molecule has 0 aliphatic heterocycles. The van der Waals surface area contributed by atoms with Gasteiger partial charge >= 0.3 is 0 Å². The van der Waals surface area contributed by atoms with Crippen molar-refractivity contribution in [2.75, 3.05) is 0 Å². The summed E-state index contributed by atoms with van der Waals surface area (Å²) in [5, 5.41) is 0. The summed E-state index contributed by atoms with van der Waals surface area (Å²) in [6, 6.07) is 10.3. The van der Waals surface area contributed by atoms with Crippen molar-refractivity contribution in [1.82, 2.24) is 0 Å². The fourth-order valence-corrected chi connectivity index (χ4v) is 1.34. The third kappa shape index (κ3) is 1.86.